The molecule has 2 fully saturated rings. The van der Waals surface area contributed by atoms with Gasteiger partial charge in [0.1, 0.15) is 18.8 Å². The normalized spacial score (nSPS) is 17.6. The maximum atomic E-state index is 12.5. The highest BCUT2D eigenvalue weighted by atomic mass is 16.5. The molecule has 0 radical (unpaired) electrons. The fourth-order valence-electron chi connectivity index (χ4n) is 4.41. The molecule has 2 aliphatic heterocycles. The number of nitrogens with zero attached hydrogens (tertiary/aromatic N) is 3. The number of carbonyl (C=O) groups is 3. The topological polar surface area (TPSA) is 112 Å². The van der Waals surface area contributed by atoms with E-state index < -0.39 is 5.97 Å². The number of hydrogen-bond donors (Lipinski definition) is 2. The van der Waals surface area contributed by atoms with Crippen LogP contribution >= 0.6 is 0 Å². The Labute approximate surface area is 181 Å². The Morgan fingerprint density at radius 3 is 2.81 bits per heavy atom. The van der Waals surface area contributed by atoms with E-state index >= 15 is 0 Å². The van der Waals surface area contributed by atoms with Crippen LogP contribution < -0.4 is 10.1 Å². The first-order valence-corrected chi connectivity index (χ1v) is 10.9. The Morgan fingerprint density at radius 2 is 2.03 bits per heavy atom. The lowest BCUT2D eigenvalue weighted by Crippen LogP contribution is -2.42. The summed E-state index contributed by atoms with van der Waals surface area (Å²) in [6.07, 6.45) is 5.58. The van der Waals surface area contributed by atoms with Gasteiger partial charge >= 0.3 is 5.97 Å². The standard InChI is InChI=1S/C22H28N4O5/c27-19-13-25-12-15-8-9-17(11-18(15)23-22(25)24-19)31-10-4-3-7-20(28)26(14-21(29)30)16-5-1-2-6-16/h8-9,11,16H,1-7,10,12-14H2,(H,29,30)(H,23,24,27). The van der Waals surface area contributed by atoms with Crippen molar-refractivity contribution >= 4 is 29.4 Å². The third kappa shape index (κ3) is 5.15. The summed E-state index contributed by atoms with van der Waals surface area (Å²) in [5.74, 6) is 0.196. The zero-order valence-electron chi connectivity index (χ0n) is 17.5. The molecule has 4 rings (SSSR count). The highest BCUT2D eigenvalue weighted by Crippen LogP contribution is 2.31. The fourth-order valence-corrected chi connectivity index (χ4v) is 4.41. The van der Waals surface area contributed by atoms with E-state index in [-0.39, 0.29) is 24.4 Å². The SMILES string of the molecule is O=C(O)CN(C(=O)CCCCOc1ccc2c(c1)N=C1NC(=O)CN1C2)C1CCCC1. The third-order valence-corrected chi connectivity index (χ3v) is 5.97. The summed E-state index contributed by atoms with van der Waals surface area (Å²) in [5, 5.41) is 11.9. The third-order valence-electron chi connectivity index (χ3n) is 5.97. The first kappa shape index (κ1) is 21.1. The molecule has 9 heteroatoms. The lowest BCUT2D eigenvalue weighted by molar-refractivity contribution is -0.146. The Morgan fingerprint density at radius 1 is 1.23 bits per heavy atom. The number of aliphatic imine (C=N–C) groups is 1. The van der Waals surface area contributed by atoms with Gasteiger partial charge in [0.05, 0.1) is 12.3 Å². The predicted octanol–water partition coefficient (Wildman–Crippen LogP) is 2.02. The molecule has 166 valence electrons. The van der Waals surface area contributed by atoms with Gasteiger partial charge in [0.15, 0.2) is 0 Å². The summed E-state index contributed by atoms with van der Waals surface area (Å²) in [5.41, 5.74) is 1.84. The summed E-state index contributed by atoms with van der Waals surface area (Å²) < 4.78 is 5.82. The maximum Gasteiger partial charge on any atom is 0.323 e. The van der Waals surface area contributed by atoms with E-state index in [1.54, 1.807) is 4.90 Å². The number of amides is 2. The van der Waals surface area contributed by atoms with E-state index in [2.05, 4.69) is 10.3 Å². The number of guanidine groups is 1. The number of unbranched alkanes of at least 4 members (excludes halogenated alkanes) is 1. The van der Waals surface area contributed by atoms with Crippen molar-refractivity contribution in [3.05, 3.63) is 23.8 Å². The number of benzene rings is 1. The zero-order valence-corrected chi connectivity index (χ0v) is 17.5. The quantitative estimate of drug-likeness (QED) is 0.582. The highest BCUT2D eigenvalue weighted by Gasteiger charge is 2.29. The van der Waals surface area contributed by atoms with Crippen LogP contribution in [0.3, 0.4) is 0 Å². The van der Waals surface area contributed by atoms with Crippen LogP contribution in [0.5, 0.6) is 5.75 Å². The van der Waals surface area contributed by atoms with Crippen molar-refractivity contribution in [1.29, 1.82) is 0 Å². The molecule has 9 nitrogen and oxygen atoms in total. The zero-order chi connectivity index (χ0) is 21.8. The average Bonchev–Trinajstić information content (AvgIpc) is 3.38. The molecule has 3 aliphatic rings. The number of aliphatic carboxylic acids is 1. The number of hydrogen-bond acceptors (Lipinski definition) is 6. The van der Waals surface area contributed by atoms with E-state index in [9.17, 15) is 14.4 Å². The highest BCUT2D eigenvalue weighted by molar-refractivity contribution is 6.05. The smallest absolute Gasteiger partial charge is 0.323 e. The van der Waals surface area contributed by atoms with E-state index in [4.69, 9.17) is 9.84 Å². The van der Waals surface area contributed by atoms with Gasteiger partial charge in [-0.05, 0) is 37.3 Å². The minimum atomic E-state index is -0.958. The molecule has 1 aromatic carbocycles. The van der Waals surface area contributed by atoms with Crippen LogP contribution in [0.1, 0.15) is 50.5 Å². The van der Waals surface area contributed by atoms with Crippen LogP contribution in [0.2, 0.25) is 0 Å². The molecular formula is C22H28N4O5. The second-order valence-corrected chi connectivity index (χ2v) is 8.29. The fraction of sp³-hybridized carbons (Fsp3) is 0.545. The van der Waals surface area contributed by atoms with Crippen molar-refractivity contribution in [2.24, 2.45) is 4.99 Å². The van der Waals surface area contributed by atoms with Crippen LogP contribution in [0, 0.1) is 0 Å². The lowest BCUT2D eigenvalue weighted by Gasteiger charge is -2.27. The summed E-state index contributed by atoms with van der Waals surface area (Å²) >= 11 is 0. The van der Waals surface area contributed by atoms with Gasteiger partial charge in [-0.15, -0.1) is 0 Å². The Bertz CT molecular complexity index is 894. The maximum absolute atomic E-state index is 12.5. The average molecular weight is 428 g/mol. The van der Waals surface area contributed by atoms with Gasteiger partial charge in [0, 0.05) is 25.1 Å². The van der Waals surface area contributed by atoms with Crippen molar-refractivity contribution in [2.75, 3.05) is 19.7 Å². The van der Waals surface area contributed by atoms with E-state index in [1.165, 1.54) is 0 Å². The van der Waals surface area contributed by atoms with Crippen LogP contribution in [0.25, 0.3) is 0 Å². The van der Waals surface area contributed by atoms with Crippen molar-refractivity contribution in [3.63, 3.8) is 0 Å². The molecule has 0 spiro atoms. The second kappa shape index (κ2) is 9.36. The summed E-state index contributed by atoms with van der Waals surface area (Å²) in [4.78, 5) is 43.2. The van der Waals surface area contributed by atoms with Gasteiger partial charge in [-0.25, -0.2) is 4.99 Å². The van der Waals surface area contributed by atoms with E-state index in [1.807, 2.05) is 23.1 Å². The number of carbonyl (C=O) groups excluding carboxylic acids is 2. The Hall–Kier alpha value is -3.10. The Kier molecular flexibility index (Phi) is 6.39. The predicted molar refractivity (Wildman–Crippen MR) is 113 cm³/mol. The molecule has 0 bridgehead atoms. The molecular weight excluding hydrogens is 400 g/mol. The molecule has 2 amide bonds. The van der Waals surface area contributed by atoms with Crippen LogP contribution in [-0.2, 0) is 20.9 Å². The minimum absolute atomic E-state index is 0.0487. The molecule has 2 heterocycles. The molecule has 1 aromatic rings. The van der Waals surface area contributed by atoms with Crippen LogP contribution in [0.15, 0.2) is 23.2 Å². The second-order valence-electron chi connectivity index (χ2n) is 8.29. The molecule has 0 aromatic heterocycles. The largest absolute Gasteiger partial charge is 0.494 e. The van der Waals surface area contributed by atoms with Gasteiger partial charge in [0.25, 0.3) is 0 Å². The van der Waals surface area contributed by atoms with E-state index in [0.717, 1.165) is 36.9 Å². The summed E-state index contributed by atoms with van der Waals surface area (Å²) in [6.45, 7) is 1.23. The van der Waals surface area contributed by atoms with Crippen LogP contribution in [-0.4, -0.2) is 64.4 Å². The first-order valence-electron chi connectivity index (χ1n) is 10.9. The van der Waals surface area contributed by atoms with Crippen LogP contribution in [0.4, 0.5) is 5.69 Å². The Balaban J connectivity index is 1.23. The summed E-state index contributed by atoms with van der Waals surface area (Å²) in [7, 11) is 0. The molecule has 1 aliphatic carbocycles. The number of carboxylic acid groups (broad SMARTS) is 1. The molecule has 31 heavy (non-hydrogen) atoms. The molecule has 0 unspecified atom stereocenters. The van der Waals surface area contributed by atoms with Gasteiger partial charge in [-0.2, -0.15) is 0 Å². The molecule has 0 atom stereocenters. The number of rotatable bonds is 9. The number of fused-ring (bicyclic) bond motifs is 2. The summed E-state index contributed by atoms with van der Waals surface area (Å²) in [6, 6.07) is 5.79. The van der Waals surface area contributed by atoms with Gasteiger partial charge < -0.3 is 19.6 Å². The van der Waals surface area contributed by atoms with Crippen molar-refractivity contribution in [2.45, 2.75) is 57.5 Å². The number of nitrogens with one attached hydrogen (secondary N) is 1. The minimum Gasteiger partial charge on any atom is -0.494 e. The molecule has 2 N–H and O–H groups in total. The first-order chi connectivity index (χ1) is 15.0. The molecule has 1 saturated heterocycles. The molecule has 1 saturated carbocycles. The van der Waals surface area contributed by atoms with Crippen molar-refractivity contribution in [3.8, 4) is 5.75 Å². The van der Waals surface area contributed by atoms with Gasteiger partial charge in [-0.1, -0.05) is 18.9 Å². The van der Waals surface area contributed by atoms with Gasteiger partial charge in [-0.3, -0.25) is 19.7 Å². The van der Waals surface area contributed by atoms with E-state index in [0.29, 0.717) is 50.7 Å². The number of carboxylic acids is 1. The van der Waals surface area contributed by atoms with Crippen molar-refractivity contribution in [1.82, 2.24) is 15.1 Å². The van der Waals surface area contributed by atoms with Gasteiger partial charge in [0.2, 0.25) is 17.8 Å². The monoisotopic (exact) mass is 428 g/mol. The number of ether oxygens (including phenoxy) is 1. The van der Waals surface area contributed by atoms with Crippen molar-refractivity contribution < 1.29 is 24.2 Å². The lowest BCUT2D eigenvalue weighted by atomic mass is 10.1.